The highest BCUT2D eigenvalue weighted by molar-refractivity contribution is 5.95. The summed E-state index contributed by atoms with van der Waals surface area (Å²) in [7, 11) is 0. The molecule has 0 heterocycles. The van der Waals surface area contributed by atoms with Gasteiger partial charge >= 0.3 is 0 Å². The molecule has 3 aliphatic rings. The third-order valence-electron chi connectivity index (χ3n) is 6.59. The van der Waals surface area contributed by atoms with Crippen molar-refractivity contribution < 1.29 is 4.79 Å². The maximum atomic E-state index is 12.9. The number of rotatable bonds is 0. The molecule has 2 bridgehead atoms. The maximum absolute atomic E-state index is 12.9. The Morgan fingerprint density at radius 1 is 1.00 bits per heavy atom. The molecule has 2 unspecified atom stereocenters. The van der Waals surface area contributed by atoms with Crippen LogP contribution in [-0.4, -0.2) is 5.78 Å². The number of carbonyl (C=O) groups is 1. The zero-order valence-corrected chi connectivity index (χ0v) is 10.9. The van der Waals surface area contributed by atoms with Crippen LogP contribution < -0.4 is 0 Å². The van der Waals surface area contributed by atoms with E-state index in [1.165, 1.54) is 38.5 Å². The number of carbonyl (C=O) groups excluding carboxylic acids is 1. The van der Waals surface area contributed by atoms with Crippen LogP contribution in [-0.2, 0) is 4.79 Å². The Kier molecular flexibility index (Phi) is 1.97. The lowest BCUT2D eigenvalue weighted by molar-refractivity contribution is -0.139. The molecule has 2 atom stereocenters. The van der Waals surface area contributed by atoms with Gasteiger partial charge < -0.3 is 0 Å². The van der Waals surface area contributed by atoms with E-state index in [-0.39, 0.29) is 16.2 Å². The highest BCUT2D eigenvalue weighted by Crippen LogP contribution is 2.72. The fraction of sp³-hybridized carbons (Fsp3) is 0.933. The summed E-state index contributed by atoms with van der Waals surface area (Å²) in [5, 5.41) is 0. The Bertz CT molecular complexity index is 335. The molecule has 3 fully saturated rings. The second kappa shape index (κ2) is 2.91. The van der Waals surface area contributed by atoms with E-state index in [1.807, 2.05) is 0 Å². The van der Waals surface area contributed by atoms with Crippen molar-refractivity contribution >= 4 is 5.78 Å². The zero-order valence-electron chi connectivity index (χ0n) is 10.9. The standard InChI is InChI=1S/C15H24O/c1-13(2)11-7-10-14(13,3)12(16)15(11)8-5-4-6-9-15/h11H,4-10H2,1-3H3. The fourth-order valence-electron chi connectivity index (χ4n) is 5.34. The van der Waals surface area contributed by atoms with E-state index >= 15 is 0 Å². The molecule has 0 aliphatic heterocycles. The Hall–Kier alpha value is -0.330. The molecule has 3 aliphatic carbocycles. The molecule has 1 heteroatoms. The third kappa shape index (κ3) is 0.926. The van der Waals surface area contributed by atoms with Crippen molar-refractivity contribution in [1.29, 1.82) is 0 Å². The average Bonchev–Trinajstić information content (AvgIpc) is 2.55. The van der Waals surface area contributed by atoms with Crippen molar-refractivity contribution in [2.75, 3.05) is 0 Å². The summed E-state index contributed by atoms with van der Waals surface area (Å²) in [6, 6.07) is 0. The molecule has 0 aromatic carbocycles. The minimum absolute atomic E-state index is 0.00495. The predicted octanol–water partition coefficient (Wildman–Crippen LogP) is 3.96. The summed E-state index contributed by atoms with van der Waals surface area (Å²) in [5.41, 5.74) is 0.352. The third-order valence-corrected chi connectivity index (χ3v) is 6.59. The van der Waals surface area contributed by atoms with Crippen molar-refractivity contribution in [3.63, 3.8) is 0 Å². The minimum Gasteiger partial charge on any atom is -0.298 e. The summed E-state index contributed by atoms with van der Waals surface area (Å²) in [5.74, 6) is 1.32. The highest BCUT2D eigenvalue weighted by atomic mass is 16.1. The van der Waals surface area contributed by atoms with Crippen LogP contribution in [0.3, 0.4) is 0 Å². The monoisotopic (exact) mass is 220 g/mol. The van der Waals surface area contributed by atoms with Crippen LogP contribution in [0, 0.1) is 22.2 Å². The van der Waals surface area contributed by atoms with E-state index in [0.29, 0.717) is 11.7 Å². The maximum Gasteiger partial charge on any atom is 0.145 e. The first-order valence-corrected chi connectivity index (χ1v) is 7.00. The molecule has 0 radical (unpaired) electrons. The van der Waals surface area contributed by atoms with Gasteiger partial charge in [0.25, 0.3) is 0 Å². The van der Waals surface area contributed by atoms with Crippen molar-refractivity contribution in [2.45, 2.75) is 65.7 Å². The second-order valence-electron chi connectivity index (χ2n) is 7.19. The van der Waals surface area contributed by atoms with E-state index in [9.17, 15) is 4.79 Å². The van der Waals surface area contributed by atoms with Gasteiger partial charge in [0.1, 0.15) is 5.78 Å². The summed E-state index contributed by atoms with van der Waals surface area (Å²) in [6.45, 7) is 6.95. The summed E-state index contributed by atoms with van der Waals surface area (Å²) in [4.78, 5) is 12.9. The first-order chi connectivity index (χ1) is 7.45. The quantitative estimate of drug-likeness (QED) is 0.604. The van der Waals surface area contributed by atoms with Crippen LogP contribution in [0.4, 0.5) is 0 Å². The molecule has 0 N–H and O–H groups in total. The van der Waals surface area contributed by atoms with Gasteiger partial charge in [-0.3, -0.25) is 4.79 Å². The zero-order chi connectivity index (χ0) is 11.6. The molecule has 0 aromatic rings. The van der Waals surface area contributed by atoms with E-state index < -0.39 is 0 Å². The highest BCUT2D eigenvalue weighted by Gasteiger charge is 2.71. The molecule has 1 nitrogen and oxygen atoms in total. The number of ketones is 1. The van der Waals surface area contributed by atoms with Crippen molar-refractivity contribution in [1.82, 2.24) is 0 Å². The van der Waals surface area contributed by atoms with Crippen LogP contribution in [0.25, 0.3) is 0 Å². The Labute approximate surface area is 99.0 Å². The molecule has 3 saturated carbocycles. The van der Waals surface area contributed by atoms with Gasteiger partial charge in [-0.2, -0.15) is 0 Å². The summed E-state index contributed by atoms with van der Waals surface area (Å²) >= 11 is 0. The number of hydrogen-bond acceptors (Lipinski definition) is 1. The molecular formula is C15H24O. The van der Waals surface area contributed by atoms with Crippen LogP contribution in [0.1, 0.15) is 65.7 Å². The topological polar surface area (TPSA) is 17.1 Å². The number of fused-ring (bicyclic) bond motifs is 3. The lowest BCUT2D eigenvalue weighted by Gasteiger charge is -2.41. The van der Waals surface area contributed by atoms with Gasteiger partial charge in [0, 0.05) is 10.8 Å². The van der Waals surface area contributed by atoms with E-state index in [0.717, 1.165) is 6.42 Å². The predicted molar refractivity (Wildman–Crippen MR) is 65.1 cm³/mol. The van der Waals surface area contributed by atoms with Crippen molar-refractivity contribution in [3.8, 4) is 0 Å². The van der Waals surface area contributed by atoms with Gasteiger partial charge in [0.2, 0.25) is 0 Å². The second-order valence-corrected chi connectivity index (χ2v) is 7.19. The van der Waals surface area contributed by atoms with Gasteiger partial charge in [0.05, 0.1) is 0 Å². The SMILES string of the molecule is CC12CCC(C3(CCCCC3)C1=O)C2(C)C. The summed E-state index contributed by atoms with van der Waals surface area (Å²) < 4.78 is 0. The molecule has 0 saturated heterocycles. The van der Waals surface area contributed by atoms with Crippen LogP contribution >= 0.6 is 0 Å². The van der Waals surface area contributed by atoms with E-state index in [4.69, 9.17) is 0 Å². The van der Waals surface area contributed by atoms with Gasteiger partial charge in [-0.25, -0.2) is 0 Å². The number of Topliss-reactive ketones (excluding diaryl/α,β-unsaturated/α-hetero) is 1. The molecule has 1 spiro atoms. The van der Waals surface area contributed by atoms with Gasteiger partial charge in [0.15, 0.2) is 0 Å². The molecule has 3 rings (SSSR count). The van der Waals surface area contributed by atoms with E-state index in [1.54, 1.807) is 0 Å². The molecular weight excluding hydrogens is 196 g/mol. The normalized spacial score (nSPS) is 44.2. The molecule has 16 heavy (non-hydrogen) atoms. The van der Waals surface area contributed by atoms with Gasteiger partial charge in [-0.15, -0.1) is 0 Å². The van der Waals surface area contributed by atoms with Crippen LogP contribution in [0.5, 0.6) is 0 Å². The molecule has 0 aromatic heterocycles. The van der Waals surface area contributed by atoms with E-state index in [2.05, 4.69) is 20.8 Å². The van der Waals surface area contributed by atoms with Crippen molar-refractivity contribution in [2.24, 2.45) is 22.2 Å². The van der Waals surface area contributed by atoms with Gasteiger partial charge in [-0.1, -0.05) is 40.0 Å². The summed E-state index contributed by atoms with van der Waals surface area (Å²) in [6.07, 6.45) is 8.74. The van der Waals surface area contributed by atoms with Crippen LogP contribution in [0.2, 0.25) is 0 Å². The lowest BCUT2D eigenvalue weighted by Crippen LogP contribution is -2.41. The molecule has 0 amide bonds. The largest absolute Gasteiger partial charge is 0.298 e. The smallest absolute Gasteiger partial charge is 0.145 e. The van der Waals surface area contributed by atoms with Crippen molar-refractivity contribution in [3.05, 3.63) is 0 Å². The first-order valence-electron chi connectivity index (χ1n) is 7.00. The Balaban J connectivity index is 2.08. The fourth-order valence-corrected chi connectivity index (χ4v) is 5.34. The van der Waals surface area contributed by atoms with Crippen LogP contribution in [0.15, 0.2) is 0 Å². The average molecular weight is 220 g/mol. The Morgan fingerprint density at radius 2 is 1.62 bits per heavy atom. The number of hydrogen-bond donors (Lipinski definition) is 0. The lowest BCUT2D eigenvalue weighted by atomic mass is 9.61. The first kappa shape index (κ1) is 10.8. The Morgan fingerprint density at radius 3 is 2.12 bits per heavy atom. The van der Waals surface area contributed by atoms with Gasteiger partial charge in [-0.05, 0) is 37.0 Å². The molecule has 90 valence electrons. The minimum atomic E-state index is -0.00495.